The second-order valence-corrected chi connectivity index (χ2v) is 5.13. The second-order valence-electron chi connectivity index (χ2n) is 5.13. The molecule has 1 aromatic heterocycles. The van der Waals surface area contributed by atoms with Crippen LogP contribution in [-0.4, -0.2) is 35.2 Å². The average Bonchev–Trinajstić information content (AvgIpc) is 2.62. The molecule has 0 fully saturated rings. The minimum Gasteiger partial charge on any atom is -0.423 e. The van der Waals surface area contributed by atoms with Crippen molar-refractivity contribution in [1.29, 1.82) is 0 Å². The van der Waals surface area contributed by atoms with E-state index in [-0.39, 0.29) is 5.41 Å². The molecule has 1 aromatic rings. The Hall–Kier alpha value is -0.940. The Bertz CT molecular complexity index is 316. The molecule has 1 rings (SSSR count). The zero-order chi connectivity index (χ0) is 12.2. The summed E-state index contributed by atoms with van der Waals surface area (Å²) in [7, 11) is 2.02. The van der Waals surface area contributed by atoms with Crippen LogP contribution in [0, 0.1) is 0 Å². The molecule has 5 heteroatoms. The number of hydrogen-bond acceptors (Lipinski definition) is 5. The maximum absolute atomic E-state index is 5.60. The molecule has 16 heavy (non-hydrogen) atoms. The lowest BCUT2D eigenvalue weighted by Gasteiger charge is -2.14. The molecule has 0 unspecified atom stereocenters. The van der Waals surface area contributed by atoms with Gasteiger partial charge in [0.25, 0.3) is 0 Å². The van der Waals surface area contributed by atoms with Crippen LogP contribution in [0.15, 0.2) is 4.42 Å². The number of nitrogens with two attached hydrogens (primary N) is 1. The van der Waals surface area contributed by atoms with Gasteiger partial charge in [-0.3, -0.25) is 4.90 Å². The van der Waals surface area contributed by atoms with Gasteiger partial charge in [-0.25, -0.2) is 0 Å². The lowest BCUT2D eigenvalue weighted by molar-refractivity contribution is 0.274. The van der Waals surface area contributed by atoms with Gasteiger partial charge in [0, 0.05) is 5.41 Å². The predicted molar refractivity (Wildman–Crippen MR) is 63.0 cm³/mol. The molecule has 0 amide bonds. The summed E-state index contributed by atoms with van der Waals surface area (Å²) in [6.45, 7) is 8.52. The third-order valence-corrected chi connectivity index (χ3v) is 2.26. The number of rotatable bonds is 5. The predicted octanol–water partition coefficient (Wildman–Crippen LogP) is 1.15. The molecule has 1 heterocycles. The summed E-state index contributed by atoms with van der Waals surface area (Å²) in [5, 5.41) is 8.09. The maximum atomic E-state index is 5.60. The van der Waals surface area contributed by atoms with Crippen LogP contribution < -0.4 is 5.73 Å². The van der Waals surface area contributed by atoms with Crippen LogP contribution in [0.5, 0.6) is 0 Å². The summed E-state index contributed by atoms with van der Waals surface area (Å²) in [5.74, 6) is 1.36. The monoisotopic (exact) mass is 226 g/mol. The molecule has 5 nitrogen and oxygen atoms in total. The molecule has 0 aromatic carbocycles. The number of nitrogens with zero attached hydrogens (tertiary/aromatic N) is 3. The lowest BCUT2D eigenvalue weighted by atomic mass is 9.97. The zero-order valence-corrected chi connectivity index (χ0v) is 10.7. The van der Waals surface area contributed by atoms with Crippen LogP contribution in [0.4, 0.5) is 0 Å². The molecule has 0 radical (unpaired) electrons. The maximum Gasteiger partial charge on any atom is 0.230 e. The Morgan fingerprint density at radius 1 is 1.31 bits per heavy atom. The first-order chi connectivity index (χ1) is 7.43. The van der Waals surface area contributed by atoms with E-state index in [4.69, 9.17) is 10.2 Å². The summed E-state index contributed by atoms with van der Waals surface area (Å²) in [5.41, 5.74) is 5.37. The smallest absolute Gasteiger partial charge is 0.230 e. The van der Waals surface area contributed by atoms with Gasteiger partial charge < -0.3 is 10.2 Å². The highest BCUT2D eigenvalue weighted by Crippen LogP contribution is 2.20. The van der Waals surface area contributed by atoms with Gasteiger partial charge in [-0.1, -0.05) is 20.8 Å². The largest absolute Gasteiger partial charge is 0.423 e. The molecule has 0 saturated carbocycles. The third kappa shape index (κ3) is 3.90. The molecule has 0 aliphatic rings. The zero-order valence-electron chi connectivity index (χ0n) is 10.7. The Morgan fingerprint density at radius 3 is 2.50 bits per heavy atom. The molecular weight excluding hydrogens is 204 g/mol. The molecule has 0 aliphatic carbocycles. The summed E-state index contributed by atoms with van der Waals surface area (Å²) >= 11 is 0. The van der Waals surface area contributed by atoms with Crippen LogP contribution >= 0.6 is 0 Å². The molecular formula is C11H22N4O. The van der Waals surface area contributed by atoms with Crippen LogP contribution in [0.3, 0.4) is 0 Å². The van der Waals surface area contributed by atoms with Crippen molar-refractivity contribution in [2.75, 3.05) is 20.1 Å². The summed E-state index contributed by atoms with van der Waals surface area (Å²) in [4.78, 5) is 2.13. The van der Waals surface area contributed by atoms with Gasteiger partial charge in [-0.05, 0) is 26.6 Å². The van der Waals surface area contributed by atoms with E-state index in [1.807, 2.05) is 7.05 Å². The Morgan fingerprint density at radius 2 is 2.00 bits per heavy atom. The van der Waals surface area contributed by atoms with E-state index in [1.54, 1.807) is 0 Å². The van der Waals surface area contributed by atoms with Gasteiger partial charge in [-0.15, -0.1) is 10.2 Å². The van der Waals surface area contributed by atoms with Crippen LogP contribution in [0.25, 0.3) is 0 Å². The summed E-state index contributed by atoms with van der Waals surface area (Å²) in [6, 6.07) is 0. The molecule has 0 aliphatic heterocycles. The van der Waals surface area contributed by atoms with Crippen LogP contribution in [-0.2, 0) is 12.0 Å². The van der Waals surface area contributed by atoms with E-state index < -0.39 is 0 Å². The van der Waals surface area contributed by atoms with Gasteiger partial charge in [0.2, 0.25) is 11.8 Å². The van der Waals surface area contributed by atoms with E-state index in [0.29, 0.717) is 24.9 Å². The third-order valence-electron chi connectivity index (χ3n) is 2.26. The molecule has 92 valence electrons. The molecule has 2 N–H and O–H groups in total. The van der Waals surface area contributed by atoms with Crippen molar-refractivity contribution in [1.82, 2.24) is 15.1 Å². The quantitative estimate of drug-likeness (QED) is 0.815. The van der Waals surface area contributed by atoms with E-state index in [1.165, 1.54) is 0 Å². The lowest BCUT2D eigenvalue weighted by Crippen LogP contribution is -2.21. The van der Waals surface area contributed by atoms with Gasteiger partial charge in [0.05, 0.1) is 6.54 Å². The highest BCUT2D eigenvalue weighted by Gasteiger charge is 2.21. The van der Waals surface area contributed by atoms with Crippen molar-refractivity contribution in [3.63, 3.8) is 0 Å². The molecule has 0 atom stereocenters. The van der Waals surface area contributed by atoms with Crippen molar-refractivity contribution in [2.45, 2.75) is 39.2 Å². The van der Waals surface area contributed by atoms with Crippen LogP contribution in [0.2, 0.25) is 0 Å². The fourth-order valence-electron chi connectivity index (χ4n) is 1.29. The molecule has 0 bridgehead atoms. The SMILES string of the molecule is CN(CCCN)Cc1nnc(C(C)(C)C)o1. The first kappa shape index (κ1) is 13.1. The average molecular weight is 226 g/mol. The minimum absolute atomic E-state index is 0.0823. The second kappa shape index (κ2) is 5.41. The number of hydrogen-bond donors (Lipinski definition) is 1. The highest BCUT2D eigenvalue weighted by atomic mass is 16.4. The summed E-state index contributed by atoms with van der Waals surface area (Å²) < 4.78 is 5.60. The first-order valence-corrected chi connectivity index (χ1v) is 5.65. The summed E-state index contributed by atoms with van der Waals surface area (Å²) in [6.07, 6.45) is 0.983. The molecule has 0 saturated heterocycles. The van der Waals surface area contributed by atoms with Gasteiger partial charge >= 0.3 is 0 Å². The standard InChI is InChI=1S/C11H22N4O/c1-11(2,3)10-14-13-9(16-10)8-15(4)7-5-6-12/h5-8,12H2,1-4H3. The Kier molecular flexibility index (Phi) is 4.44. The fourth-order valence-corrected chi connectivity index (χ4v) is 1.29. The van der Waals surface area contributed by atoms with E-state index in [9.17, 15) is 0 Å². The Balaban J connectivity index is 2.52. The number of aromatic nitrogens is 2. The topological polar surface area (TPSA) is 68.2 Å². The van der Waals surface area contributed by atoms with E-state index >= 15 is 0 Å². The highest BCUT2D eigenvalue weighted by molar-refractivity contribution is 4.95. The van der Waals surface area contributed by atoms with Crippen molar-refractivity contribution in [2.24, 2.45) is 5.73 Å². The van der Waals surface area contributed by atoms with Crippen LogP contribution in [0.1, 0.15) is 39.0 Å². The van der Waals surface area contributed by atoms with Gasteiger partial charge in [0.15, 0.2) is 0 Å². The van der Waals surface area contributed by atoms with Crippen molar-refractivity contribution < 1.29 is 4.42 Å². The van der Waals surface area contributed by atoms with Crippen molar-refractivity contribution >= 4 is 0 Å². The van der Waals surface area contributed by atoms with E-state index in [0.717, 1.165) is 13.0 Å². The fraction of sp³-hybridized carbons (Fsp3) is 0.818. The van der Waals surface area contributed by atoms with E-state index in [2.05, 4.69) is 35.9 Å². The van der Waals surface area contributed by atoms with Crippen molar-refractivity contribution in [3.8, 4) is 0 Å². The Labute approximate surface area is 97.0 Å². The van der Waals surface area contributed by atoms with Gasteiger partial charge in [-0.2, -0.15) is 0 Å². The molecule has 0 spiro atoms. The normalized spacial score (nSPS) is 12.4. The first-order valence-electron chi connectivity index (χ1n) is 5.65. The van der Waals surface area contributed by atoms with Gasteiger partial charge in [0.1, 0.15) is 0 Å². The van der Waals surface area contributed by atoms with Crippen molar-refractivity contribution in [3.05, 3.63) is 11.8 Å². The minimum atomic E-state index is -0.0823.